The lowest BCUT2D eigenvalue weighted by Crippen LogP contribution is -2.36. The van der Waals surface area contributed by atoms with Crippen LogP contribution in [0.4, 0.5) is 0 Å². The molecule has 16 heavy (non-hydrogen) atoms. The van der Waals surface area contributed by atoms with Crippen molar-refractivity contribution in [3.05, 3.63) is 0 Å². The summed E-state index contributed by atoms with van der Waals surface area (Å²) >= 11 is 0. The molecule has 1 saturated heterocycles. The predicted molar refractivity (Wildman–Crippen MR) is 71.5 cm³/mol. The lowest BCUT2D eigenvalue weighted by atomic mass is 9.92. The van der Waals surface area contributed by atoms with Crippen LogP contribution >= 0.6 is 0 Å². The molecule has 1 aliphatic rings. The maximum atomic E-state index is 5.55. The molecule has 2 heteroatoms. The molecule has 1 rings (SSSR count). The van der Waals surface area contributed by atoms with Crippen molar-refractivity contribution < 1.29 is 0 Å². The SMILES string of the molecule is CCCC1CCN(CC(C)CCCN)CC1. The first-order chi connectivity index (χ1) is 7.76. The molecule has 0 spiro atoms. The number of nitrogens with zero attached hydrogens (tertiary/aromatic N) is 1. The van der Waals surface area contributed by atoms with Gasteiger partial charge in [0, 0.05) is 6.54 Å². The van der Waals surface area contributed by atoms with Gasteiger partial charge in [-0.15, -0.1) is 0 Å². The van der Waals surface area contributed by atoms with Gasteiger partial charge in [0.05, 0.1) is 0 Å². The molecule has 0 aromatic carbocycles. The fraction of sp³-hybridized carbons (Fsp3) is 1.00. The Hall–Kier alpha value is -0.0800. The van der Waals surface area contributed by atoms with Crippen molar-refractivity contribution in [1.29, 1.82) is 0 Å². The highest BCUT2D eigenvalue weighted by atomic mass is 15.1. The van der Waals surface area contributed by atoms with Gasteiger partial charge in [-0.05, 0) is 57.2 Å². The minimum absolute atomic E-state index is 0.825. The van der Waals surface area contributed by atoms with Gasteiger partial charge in [0.15, 0.2) is 0 Å². The van der Waals surface area contributed by atoms with Crippen molar-refractivity contribution in [3.63, 3.8) is 0 Å². The van der Waals surface area contributed by atoms with E-state index in [1.165, 1.54) is 58.2 Å². The Kier molecular flexibility index (Phi) is 7.06. The Morgan fingerprint density at radius 1 is 1.31 bits per heavy atom. The summed E-state index contributed by atoms with van der Waals surface area (Å²) in [6.45, 7) is 9.48. The van der Waals surface area contributed by atoms with E-state index in [9.17, 15) is 0 Å². The van der Waals surface area contributed by atoms with Crippen molar-refractivity contribution in [2.45, 2.75) is 52.4 Å². The first kappa shape index (κ1) is 14.0. The standard InChI is InChI=1S/C14H30N2/c1-3-5-14-7-10-16(11-8-14)12-13(2)6-4-9-15/h13-14H,3-12,15H2,1-2H3. The quantitative estimate of drug-likeness (QED) is 0.723. The second-order valence-corrected chi connectivity index (χ2v) is 5.57. The predicted octanol–water partition coefficient (Wildman–Crippen LogP) is 2.87. The molecule has 0 aromatic rings. The largest absolute Gasteiger partial charge is 0.330 e. The van der Waals surface area contributed by atoms with E-state index in [4.69, 9.17) is 5.73 Å². The number of hydrogen-bond acceptors (Lipinski definition) is 2. The minimum atomic E-state index is 0.825. The molecule has 96 valence electrons. The third-order valence-corrected chi connectivity index (χ3v) is 3.87. The Morgan fingerprint density at radius 2 is 2.00 bits per heavy atom. The molecular formula is C14H30N2. The van der Waals surface area contributed by atoms with Crippen LogP contribution in [0, 0.1) is 11.8 Å². The zero-order valence-corrected chi connectivity index (χ0v) is 11.3. The average molecular weight is 226 g/mol. The zero-order valence-electron chi connectivity index (χ0n) is 11.3. The van der Waals surface area contributed by atoms with E-state index in [1.807, 2.05) is 0 Å². The van der Waals surface area contributed by atoms with E-state index in [-0.39, 0.29) is 0 Å². The van der Waals surface area contributed by atoms with Crippen LogP contribution in [0.5, 0.6) is 0 Å². The second-order valence-electron chi connectivity index (χ2n) is 5.57. The molecule has 2 nitrogen and oxygen atoms in total. The highest BCUT2D eigenvalue weighted by Gasteiger charge is 2.19. The summed E-state index contributed by atoms with van der Waals surface area (Å²) in [5.74, 6) is 1.84. The van der Waals surface area contributed by atoms with Gasteiger partial charge in [-0.2, -0.15) is 0 Å². The van der Waals surface area contributed by atoms with Crippen LogP contribution in [0.2, 0.25) is 0 Å². The number of likely N-dealkylation sites (tertiary alicyclic amines) is 1. The van der Waals surface area contributed by atoms with E-state index in [1.54, 1.807) is 0 Å². The molecule has 0 aromatic heterocycles. The smallest absolute Gasteiger partial charge is 0.000703 e. The number of rotatable bonds is 7. The fourth-order valence-electron chi connectivity index (χ4n) is 2.86. The van der Waals surface area contributed by atoms with Crippen LogP contribution in [-0.4, -0.2) is 31.1 Å². The third kappa shape index (κ3) is 5.31. The highest BCUT2D eigenvalue weighted by Crippen LogP contribution is 2.22. The molecule has 2 N–H and O–H groups in total. The number of piperidine rings is 1. The van der Waals surface area contributed by atoms with E-state index < -0.39 is 0 Å². The first-order valence-corrected chi connectivity index (χ1v) is 7.18. The summed E-state index contributed by atoms with van der Waals surface area (Å²) in [7, 11) is 0. The first-order valence-electron chi connectivity index (χ1n) is 7.18. The third-order valence-electron chi connectivity index (χ3n) is 3.87. The molecule has 1 unspecified atom stereocenters. The Bertz CT molecular complexity index is 162. The van der Waals surface area contributed by atoms with Gasteiger partial charge in [-0.3, -0.25) is 0 Å². The Morgan fingerprint density at radius 3 is 2.56 bits per heavy atom. The zero-order chi connectivity index (χ0) is 11.8. The van der Waals surface area contributed by atoms with Gasteiger partial charge in [-0.25, -0.2) is 0 Å². The van der Waals surface area contributed by atoms with E-state index >= 15 is 0 Å². The van der Waals surface area contributed by atoms with Crippen LogP contribution in [-0.2, 0) is 0 Å². The maximum absolute atomic E-state index is 5.55. The monoisotopic (exact) mass is 226 g/mol. The molecular weight excluding hydrogens is 196 g/mol. The van der Waals surface area contributed by atoms with Crippen molar-refractivity contribution in [3.8, 4) is 0 Å². The average Bonchev–Trinajstić information content (AvgIpc) is 2.29. The van der Waals surface area contributed by atoms with Crippen LogP contribution in [0.1, 0.15) is 52.4 Å². The van der Waals surface area contributed by atoms with Crippen molar-refractivity contribution >= 4 is 0 Å². The highest BCUT2D eigenvalue weighted by molar-refractivity contribution is 4.73. The molecule has 1 atom stereocenters. The van der Waals surface area contributed by atoms with Gasteiger partial charge < -0.3 is 10.6 Å². The van der Waals surface area contributed by atoms with E-state index in [0.29, 0.717) is 0 Å². The van der Waals surface area contributed by atoms with Crippen molar-refractivity contribution in [2.75, 3.05) is 26.2 Å². The van der Waals surface area contributed by atoms with Gasteiger partial charge >= 0.3 is 0 Å². The van der Waals surface area contributed by atoms with Gasteiger partial charge in [0.2, 0.25) is 0 Å². The van der Waals surface area contributed by atoms with Crippen LogP contribution in [0.25, 0.3) is 0 Å². The molecule has 1 aliphatic heterocycles. The number of hydrogen-bond donors (Lipinski definition) is 1. The summed E-state index contributed by atoms with van der Waals surface area (Å²) in [4.78, 5) is 2.66. The van der Waals surface area contributed by atoms with Crippen molar-refractivity contribution in [1.82, 2.24) is 4.90 Å². The summed E-state index contributed by atoms with van der Waals surface area (Å²) < 4.78 is 0. The van der Waals surface area contributed by atoms with Crippen LogP contribution in [0.3, 0.4) is 0 Å². The summed E-state index contributed by atoms with van der Waals surface area (Å²) in [6.07, 6.45) is 8.14. The molecule has 0 radical (unpaired) electrons. The van der Waals surface area contributed by atoms with Gasteiger partial charge in [0.1, 0.15) is 0 Å². The topological polar surface area (TPSA) is 29.3 Å². The molecule has 0 saturated carbocycles. The maximum Gasteiger partial charge on any atom is 0.000703 e. The van der Waals surface area contributed by atoms with Crippen molar-refractivity contribution in [2.24, 2.45) is 17.6 Å². The van der Waals surface area contributed by atoms with E-state index in [0.717, 1.165) is 18.4 Å². The second kappa shape index (κ2) is 8.08. The van der Waals surface area contributed by atoms with Crippen LogP contribution < -0.4 is 5.73 Å². The summed E-state index contributed by atoms with van der Waals surface area (Å²) in [6, 6.07) is 0. The minimum Gasteiger partial charge on any atom is -0.330 e. The summed E-state index contributed by atoms with van der Waals surface area (Å²) in [5.41, 5.74) is 5.55. The molecule has 0 aliphatic carbocycles. The molecule has 0 bridgehead atoms. The summed E-state index contributed by atoms with van der Waals surface area (Å²) in [5, 5.41) is 0. The van der Waals surface area contributed by atoms with E-state index in [2.05, 4.69) is 18.7 Å². The normalized spacial score (nSPS) is 21.2. The lowest BCUT2D eigenvalue weighted by molar-refractivity contribution is 0.156. The molecule has 1 heterocycles. The fourth-order valence-corrected chi connectivity index (χ4v) is 2.86. The molecule has 1 fully saturated rings. The van der Waals surface area contributed by atoms with Gasteiger partial charge in [-0.1, -0.05) is 26.7 Å². The Balaban J connectivity index is 2.11. The number of nitrogens with two attached hydrogens (primary N) is 1. The molecule has 0 amide bonds. The Labute approximate surface area is 102 Å². The van der Waals surface area contributed by atoms with Crippen LogP contribution in [0.15, 0.2) is 0 Å². The lowest BCUT2D eigenvalue weighted by Gasteiger charge is -2.33. The van der Waals surface area contributed by atoms with Gasteiger partial charge in [0.25, 0.3) is 0 Å².